The highest BCUT2D eigenvalue weighted by Crippen LogP contribution is 2.30. The molecule has 100 valence electrons. The van der Waals surface area contributed by atoms with Crippen LogP contribution in [0.2, 0.25) is 0 Å². The fourth-order valence-corrected chi connectivity index (χ4v) is 3.29. The number of rotatable bonds is 3. The van der Waals surface area contributed by atoms with Crippen molar-refractivity contribution in [2.75, 3.05) is 31.1 Å². The zero-order valence-electron chi connectivity index (χ0n) is 11.2. The number of piperazine rings is 1. The van der Waals surface area contributed by atoms with Crippen LogP contribution in [-0.2, 0) is 12.9 Å². The molecule has 1 aliphatic carbocycles. The lowest BCUT2D eigenvalue weighted by atomic mass is 10.2. The molecular formula is C13H21ClN4. The number of hydrogen-bond donors (Lipinski definition) is 0. The van der Waals surface area contributed by atoms with E-state index in [-0.39, 0.29) is 0 Å². The second kappa shape index (κ2) is 4.74. The predicted octanol–water partition coefficient (Wildman–Crippen LogP) is 1.75. The van der Waals surface area contributed by atoms with Crippen molar-refractivity contribution < 1.29 is 0 Å². The number of anilines is 1. The molecule has 4 nitrogen and oxygen atoms in total. The molecule has 1 aromatic rings. The third-order valence-corrected chi connectivity index (χ3v) is 4.39. The molecule has 5 heteroatoms. The summed E-state index contributed by atoms with van der Waals surface area (Å²) in [5, 5.41) is 4.50. The Labute approximate surface area is 113 Å². The van der Waals surface area contributed by atoms with Gasteiger partial charge in [0, 0.05) is 44.8 Å². The summed E-state index contributed by atoms with van der Waals surface area (Å²) in [6.45, 7) is 6.59. The smallest absolute Gasteiger partial charge is 0.131 e. The zero-order chi connectivity index (χ0) is 12.7. The lowest BCUT2D eigenvalue weighted by Crippen LogP contribution is -2.48. The van der Waals surface area contributed by atoms with Crippen molar-refractivity contribution in [2.45, 2.75) is 31.7 Å². The highest BCUT2D eigenvalue weighted by Gasteiger charge is 2.32. The van der Waals surface area contributed by atoms with Crippen LogP contribution in [0.1, 0.15) is 24.1 Å². The number of aryl methyl sites for hydroxylation is 2. The first-order valence-electron chi connectivity index (χ1n) is 6.78. The summed E-state index contributed by atoms with van der Waals surface area (Å²) in [5.41, 5.74) is 2.26. The first-order chi connectivity index (χ1) is 8.70. The summed E-state index contributed by atoms with van der Waals surface area (Å²) in [7, 11) is 2.02. The third-order valence-electron chi connectivity index (χ3n) is 4.12. The summed E-state index contributed by atoms with van der Waals surface area (Å²) in [4.78, 5) is 5.07. The average molecular weight is 269 g/mol. The summed E-state index contributed by atoms with van der Waals surface area (Å²) in [6.07, 6.45) is 2.80. The van der Waals surface area contributed by atoms with E-state index in [2.05, 4.69) is 14.9 Å². The average Bonchev–Trinajstić information content (AvgIpc) is 3.16. The van der Waals surface area contributed by atoms with E-state index in [9.17, 15) is 0 Å². The molecule has 3 rings (SSSR count). The zero-order valence-corrected chi connectivity index (χ0v) is 11.9. The van der Waals surface area contributed by atoms with Gasteiger partial charge in [0.2, 0.25) is 0 Å². The predicted molar refractivity (Wildman–Crippen MR) is 74.3 cm³/mol. The van der Waals surface area contributed by atoms with Crippen LogP contribution in [0.15, 0.2) is 0 Å². The van der Waals surface area contributed by atoms with Crippen molar-refractivity contribution in [1.82, 2.24) is 14.7 Å². The summed E-state index contributed by atoms with van der Waals surface area (Å²) >= 11 is 6.07. The van der Waals surface area contributed by atoms with Crippen molar-refractivity contribution in [3.8, 4) is 0 Å². The van der Waals surface area contributed by atoms with E-state index in [1.807, 2.05) is 18.7 Å². The molecule has 0 amide bonds. The minimum atomic E-state index is 0.553. The summed E-state index contributed by atoms with van der Waals surface area (Å²) in [5.74, 6) is 1.77. The largest absolute Gasteiger partial charge is 0.354 e. The van der Waals surface area contributed by atoms with Crippen LogP contribution in [0.5, 0.6) is 0 Å². The third kappa shape index (κ3) is 2.12. The molecule has 1 saturated heterocycles. The SMILES string of the molecule is Cc1nn(C)c(N2CCN(C3CC3)CC2)c1CCl. The van der Waals surface area contributed by atoms with Gasteiger partial charge in [-0.05, 0) is 19.8 Å². The second-order valence-electron chi connectivity index (χ2n) is 5.40. The standard InChI is InChI=1S/C13H21ClN4/c1-10-12(9-14)13(16(2)15-10)18-7-5-17(6-8-18)11-3-4-11/h11H,3-9H2,1-2H3. The lowest BCUT2D eigenvalue weighted by molar-refractivity contribution is 0.247. The van der Waals surface area contributed by atoms with Crippen LogP contribution in [-0.4, -0.2) is 46.9 Å². The highest BCUT2D eigenvalue weighted by atomic mass is 35.5. The van der Waals surface area contributed by atoms with Gasteiger partial charge in [-0.1, -0.05) is 0 Å². The Morgan fingerprint density at radius 1 is 1.22 bits per heavy atom. The Morgan fingerprint density at radius 2 is 1.89 bits per heavy atom. The Bertz CT molecular complexity index is 430. The fraction of sp³-hybridized carbons (Fsp3) is 0.769. The molecule has 2 fully saturated rings. The van der Waals surface area contributed by atoms with Gasteiger partial charge in [-0.25, -0.2) is 0 Å². The number of alkyl halides is 1. The van der Waals surface area contributed by atoms with Crippen molar-refractivity contribution in [2.24, 2.45) is 7.05 Å². The molecule has 18 heavy (non-hydrogen) atoms. The summed E-state index contributed by atoms with van der Waals surface area (Å²) < 4.78 is 1.99. The first kappa shape index (κ1) is 12.3. The fourth-order valence-electron chi connectivity index (χ4n) is 2.98. The molecule has 0 N–H and O–H groups in total. The number of nitrogens with zero attached hydrogens (tertiary/aromatic N) is 4. The van der Waals surface area contributed by atoms with Gasteiger partial charge in [-0.2, -0.15) is 5.10 Å². The Hall–Kier alpha value is -0.740. The topological polar surface area (TPSA) is 24.3 Å². The van der Waals surface area contributed by atoms with Gasteiger partial charge < -0.3 is 4.90 Å². The Morgan fingerprint density at radius 3 is 2.44 bits per heavy atom. The van der Waals surface area contributed by atoms with E-state index < -0.39 is 0 Å². The van der Waals surface area contributed by atoms with Crippen molar-refractivity contribution >= 4 is 17.4 Å². The molecular weight excluding hydrogens is 248 g/mol. The van der Waals surface area contributed by atoms with Crippen molar-refractivity contribution in [3.05, 3.63) is 11.3 Å². The van der Waals surface area contributed by atoms with Gasteiger partial charge in [-0.3, -0.25) is 9.58 Å². The highest BCUT2D eigenvalue weighted by molar-refractivity contribution is 6.17. The van der Waals surface area contributed by atoms with E-state index in [1.54, 1.807) is 0 Å². The van der Waals surface area contributed by atoms with Crippen molar-refractivity contribution in [1.29, 1.82) is 0 Å². The van der Waals surface area contributed by atoms with Gasteiger partial charge in [0.1, 0.15) is 5.82 Å². The van der Waals surface area contributed by atoms with E-state index >= 15 is 0 Å². The maximum atomic E-state index is 6.07. The summed E-state index contributed by atoms with van der Waals surface area (Å²) in [6, 6.07) is 0.882. The molecule has 1 saturated carbocycles. The van der Waals surface area contributed by atoms with E-state index in [0.717, 1.165) is 24.8 Å². The molecule has 2 heterocycles. The molecule has 0 atom stereocenters. The van der Waals surface area contributed by atoms with E-state index in [0.29, 0.717) is 5.88 Å². The lowest BCUT2D eigenvalue weighted by Gasteiger charge is -2.36. The first-order valence-corrected chi connectivity index (χ1v) is 7.31. The number of halogens is 1. The molecule has 0 spiro atoms. The maximum absolute atomic E-state index is 6.07. The van der Waals surface area contributed by atoms with Gasteiger partial charge in [0.15, 0.2) is 0 Å². The molecule has 1 aliphatic heterocycles. The number of hydrogen-bond acceptors (Lipinski definition) is 3. The minimum absolute atomic E-state index is 0.553. The van der Waals surface area contributed by atoms with E-state index in [4.69, 9.17) is 11.6 Å². The monoisotopic (exact) mass is 268 g/mol. The minimum Gasteiger partial charge on any atom is -0.354 e. The number of aromatic nitrogens is 2. The molecule has 1 aromatic heterocycles. The molecule has 0 unspecified atom stereocenters. The van der Waals surface area contributed by atoms with Crippen LogP contribution in [0.4, 0.5) is 5.82 Å². The van der Waals surface area contributed by atoms with Gasteiger partial charge in [-0.15, -0.1) is 11.6 Å². The van der Waals surface area contributed by atoms with Crippen LogP contribution >= 0.6 is 11.6 Å². The Kier molecular flexibility index (Phi) is 3.24. The van der Waals surface area contributed by atoms with Crippen LogP contribution < -0.4 is 4.90 Å². The molecule has 0 radical (unpaired) electrons. The Balaban J connectivity index is 1.75. The van der Waals surface area contributed by atoms with Crippen LogP contribution in [0, 0.1) is 6.92 Å². The normalized spacial score (nSPS) is 21.6. The second-order valence-corrected chi connectivity index (χ2v) is 5.67. The molecule has 2 aliphatic rings. The maximum Gasteiger partial charge on any atom is 0.131 e. The van der Waals surface area contributed by atoms with Gasteiger partial charge in [0.25, 0.3) is 0 Å². The van der Waals surface area contributed by atoms with Gasteiger partial charge >= 0.3 is 0 Å². The van der Waals surface area contributed by atoms with E-state index in [1.165, 1.54) is 37.3 Å². The van der Waals surface area contributed by atoms with Crippen LogP contribution in [0.3, 0.4) is 0 Å². The van der Waals surface area contributed by atoms with Gasteiger partial charge in [0.05, 0.1) is 11.6 Å². The van der Waals surface area contributed by atoms with Crippen molar-refractivity contribution in [3.63, 3.8) is 0 Å². The van der Waals surface area contributed by atoms with Crippen LogP contribution in [0.25, 0.3) is 0 Å². The molecule has 0 aromatic carbocycles. The quantitative estimate of drug-likeness (QED) is 0.781. The molecule has 0 bridgehead atoms.